The molecule has 0 radical (unpaired) electrons. The first-order chi connectivity index (χ1) is 7.29. The zero-order valence-electron chi connectivity index (χ0n) is 9.79. The van der Waals surface area contributed by atoms with Crippen LogP contribution in [0.1, 0.15) is 30.0 Å². The van der Waals surface area contributed by atoms with Gasteiger partial charge in [-0.3, -0.25) is 4.98 Å². The predicted octanol–water partition coefficient (Wildman–Crippen LogP) is 2.08. The normalized spacial score (nSPS) is 12.7. The minimum absolute atomic E-state index is 0.383. The van der Waals surface area contributed by atoms with Gasteiger partial charge in [-0.05, 0) is 44.0 Å². The van der Waals surface area contributed by atoms with Crippen molar-refractivity contribution in [3.8, 4) is 0 Å². The Morgan fingerprint density at radius 1 is 1.53 bits per heavy atom. The van der Waals surface area contributed by atoms with Crippen molar-refractivity contribution in [1.29, 1.82) is 0 Å². The maximum absolute atomic E-state index is 5.06. The number of hydrogen-bond donors (Lipinski definition) is 1. The number of aryl methyl sites for hydroxylation is 1. The fourth-order valence-electron chi connectivity index (χ4n) is 1.73. The molecule has 15 heavy (non-hydrogen) atoms. The van der Waals surface area contributed by atoms with Crippen LogP contribution in [0.5, 0.6) is 0 Å². The van der Waals surface area contributed by atoms with E-state index in [-0.39, 0.29) is 0 Å². The number of nitrogens with zero attached hydrogens (tertiary/aromatic N) is 1. The maximum atomic E-state index is 5.06. The SMILES string of the molecule is CNC(CCCOC)c1cnccc1C. The number of pyridine rings is 1. The van der Waals surface area contributed by atoms with Crippen LogP contribution in [0, 0.1) is 6.92 Å². The average molecular weight is 208 g/mol. The van der Waals surface area contributed by atoms with E-state index < -0.39 is 0 Å². The molecule has 0 saturated carbocycles. The Kier molecular flexibility index (Phi) is 5.29. The van der Waals surface area contributed by atoms with Crippen molar-refractivity contribution in [2.24, 2.45) is 0 Å². The number of methoxy groups -OCH3 is 1. The fourth-order valence-corrected chi connectivity index (χ4v) is 1.73. The molecule has 0 amide bonds. The lowest BCUT2D eigenvalue weighted by molar-refractivity contribution is 0.189. The molecule has 0 aliphatic heterocycles. The second kappa shape index (κ2) is 6.53. The number of ether oxygens (including phenoxy) is 1. The Balaban J connectivity index is 2.61. The minimum atomic E-state index is 0.383. The Morgan fingerprint density at radius 3 is 2.93 bits per heavy atom. The molecule has 0 fully saturated rings. The highest BCUT2D eigenvalue weighted by Gasteiger charge is 2.10. The van der Waals surface area contributed by atoms with E-state index in [4.69, 9.17) is 4.74 Å². The van der Waals surface area contributed by atoms with Gasteiger partial charge in [0.2, 0.25) is 0 Å². The predicted molar refractivity (Wildman–Crippen MR) is 61.9 cm³/mol. The molecule has 1 aromatic heterocycles. The van der Waals surface area contributed by atoms with Crippen molar-refractivity contribution in [2.75, 3.05) is 20.8 Å². The van der Waals surface area contributed by atoms with Gasteiger partial charge >= 0.3 is 0 Å². The summed E-state index contributed by atoms with van der Waals surface area (Å²) in [6, 6.07) is 2.43. The van der Waals surface area contributed by atoms with Gasteiger partial charge < -0.3 is 10.1 Å². The van der Waals surface area contributed by atoms with Crippen LogP contribution in [0.25, 0.3) is 0 Å². The number of aromatic nitrogens is 1. The number of nitrogens with one attached hydrogen (secondary N) is 1. The Morgan fingerprint density at radius 2 is 2.33 bits per heavy atom. The highest BCUT2D eigenvalue weighted by atomic mass is 16.5. The van der Waals surface area contributed by atoms with Gasteiger partial charge in [0, 0.05) is 32.2 Å². The van der Waals surface area contributed by atoms with Crippen molar-refractivity contribution in [2.45, 2.75) is 25.8 Å². The molecule has 1 rings (SSSR count). The monoisotopic (exact) mass is 208 g/mol. The molecule has 0 bridgehead atoms. The third-order valence-electron chi connectivity index (χ3n) is 2.64. The lowest BCUT2D eigenvalue weighted by atomic mass is 10.00. The zero-order valence-corrected chi connectivity index (χ0v) is 9.79. The zero-order chi connectivity index (χ0) is 11.1. The van der Waals surface area contributed by atoms with E-state index in [1.165, 1.54) is 11.1 Å². The van der Waals surface area contributed by atoms with E-state index in [1.807, 2.05) is 19.4 Å². The topological polar surface area (TPSA) is 34.1 Å². The molecule has 1 heterocycles. The summed E-state index contributed by atoms with van der Waals surface area (Å²) in [6.45, 7) is 2.94. The molecule has 0 aromatic carbocycles. The summed E-state index contributed by atoms with van der Waals surface area (Å²) >= 11 is 0. The lowest BCUT2D eigenvalue weighted by Gasteiger charge is -2.17. The van der Waals surface area contributed by atoms with Gasteiger partial charge in [0.1, 0.15) is 0 Å². The molecule has 1 atom stereocenters. The van der Waals surface area contributed by atoms with Gasteiger partial charge in [0.05, 0.1) is 0 Å². The summed E-state index contributed by atoms with van der Waals surface area (Å²) in [6.07, 6.45) is 5.93. The standard InChI is InChI=1S/C12H20N2O/c1-10-6-7-14-9-11(10)12(13-2)5-4-8-15-3/h6-7,9,12-13H,4-5,8H2,1-3H3. The average Bonchev–Trinajstić information content (AvgIpc) is 2.26. The Hall–Kier alpha value is -0.930. The first-order valence-corrected chi connectivity index (χ1v) is 5.36. The molecule has 3 heteroatoms. The van der Waals surface area contributed by atoms with Crippen LogP contribution in [0.3, 0.4) is 0 Å². The Bertz CT molecular complexity index is 289. The van der Waals surface area contributed by atoms with E-state index >= 15 is 0 Å². The molecular formula is C12H20N2O. The molecule has 3 nitrogen and oxygen atoms in total. The molecular weight excluding hydrogens is 188 g/mol. The summed E-state index contributed by atoms with van der Waals surface area (Å²) in [5.41, 5.74) is 2.58. The molecule has 0 aliphatic rings. The van der Waals surface area contributed by atoms with Crippen molar-refractivity contribution in [3.63, 3.8) is 0 Å². The summed E-state index contributed by atoms with van der Waals surface area (Å²) in [5.74, 6) is 0. The largest absolute Gasteiger partial charge is 0.385 e. The summed E-state index contributed by atoms with van der Waals surface area (Å²) in [7, 11) is 3.73. The molecule has 1 N–H and O–H groups in total. The third kappa shape index (κ3) is 3.61. The molecule has 84 valence electrons. The first-order valence-electron chi connectivity index (χ1n) is 5.36. The van der Waals surface area contributed by atoms with E-state index in [0.29, 0.717) is 6.04 Å². The Labute approximate surface area is 91.9 Å². The molecule has 1 aromatic rings. The third-order valence-corrected chi connectivity index (χ3v) is 2.64. The molecule has 0 spiro atoms. The second-order valence-corrected chi connectivity index (χ2v) is 3.71. The van der Waals surface area contributed by atoms with Crippen molar-refractivity contribution < 1.29 is 4.74 Å². The second-order valence-electron chi connectivity index (χ2n) is 3.71. The van der Waals surface area contributed by atoms with Crippen LogP contribution in [0.4, 0.5) is 0 Å². The van der Waals surface area contributed by atoms with Crippen LogP contribution in [-0.4, -0.2) is 25.7 Å². The summed E-state index contributed by atoms with van der Waals surface area (Å²) in [5, 5.41) is 3.32. The van der Waals surface area contributed by atoms with Gasteiger partial charge in [0.15, 0.2) is 0 Å². The minimum Gasteiger partial charge on any atom is -0.385 e. The molecule has 0 aliphatic carbocycles. The van der Waals surface area contributed by atoms with Crippen LogP contribution >= 0.6 is 0 Å². The summed E-state index contributed by atoms with van der Waals surface area (Å²) < 4.78 is 5.06. The van der Waals surface area contributed by atoms with Gasteiger partial charge in [0.25, 0.3) is 0 Å². The molecule has 1 unspecified atom stereocenters. The molecule has 0 saturated heterocycles. The van der Waals surface area contributed by atoms with E-state index in [2.05, 4.69) is 23.3 Å². The van der Waals surface area contributed by atoms with Crippen molar-refractivity contribution >= 4 is 0 Å². The quantitative estimate of drug-likeness (QED) is 0.727. The van der Waals surface area contributed by atoms with Crippen molar-refractivity contribution in [3.05, 3.63) is 29.6 Å². The van der Waals surface area contributed by atoms with Crippen LogP contribution in [-0.2, 0) is 4.74 Å². The van der Waals surface area contributed by atoms with Crippen LogP contribution in [0.2, 0.25) is 0 Å². The highest BCUT2D eigenvalue weighted by molar-refractivity contribution is 5.24. The van der Waals surface area contributed by atoms with Gasteiger partial charge in [-0.25, -0.2) is 0 Å². The lowest BCUT2D eigenvalue weighted by Crippen LogP contribution is -2.18. The van der Waals surface area contributed by atoms with Crippen molar-refractivity contribution in [1.82, 2.24) is 10.3 Å². The smallest absolute Gasteiger partial charge is 0.0462 e. The van der Waals surface area contributed by atoms with E-state index in [9.17, 15) is 0 Å². The number of rotatable bonds is 6. The van der Waals surface area contributed by atoms with Gasteiger partial charge in [-0.2, -0.15) is 0 Å². The fraction of sp³-hybridized carbons (Fsp3) is 0.583. The maximum Gasteiger partial charge on any atom is 0.0462 e. The van der Waals surface area contributed by atoms with Gasteiger partial charge in [-0.15, -0.1) is 0 Å². The van der Waals surface area contributed by atoms with E-state index in [0.717, 1.165) is 19.4 Å². The van der Waals surface area contributed by atoms with Crippen LogP contribution in [0.15, 0.2) is 18.5 Å². The number of hydrogen-bond acceptors (Lipinski definition) is 3. The van der Waals surface area contributed by atoms with Gasteiger partial charge in [-0.1, -0.05) is 0 Å². The van der Waals surface area contributed by atoms with Crippen LogP contribution < -0.4 is 5.32 Å². The summed E-state index contributed by atoms with van der Waals surface area (Å²) in [4.78, 5) is 4.17. The highest BCUT2D eigenvalue weighted by Crippen LogP contribution is 2.20. The van der Waals surface area contributed by atoms with E-state index in [1.54, 1.807) is 7.11 Å². The first kappa shape index (κ1) is 12.1.